The van der Waals surface area contributed by atoms with E-state index in [4.69, 9.17) is 0 Å². The summed E-state index contributed by atoms with van der Waals surface area (Å²) in [6, 6.07) is 9.75. The van der Waals surface area contributed by atoms with Crippen LogP contribution in [0.25, 0.3) is 0 Å². The average Bonchev–Trinajstić information content (AvgIpc) is 2.42. The molecule has 1 aromatic carbocycles. The number of ketones is 1. The molecule has 1 aliphatic carbocycles. The minimum Gasteiger partial charge on any atom is -0.301 e. The summed E-state index contributed by atoms with van der Waals surface area (Å²) in [6.45, 7) is 5.75. The first-order chi connectivity index (χ1) is 9.15. The van der Waals surface area contributed by atoms with Gasteiger partial charge < -0.3 is 5.43 Å². The van der Waals surface area contributed by atoms with E-state index >= 15 is 0 Å². The molecular weight excluding hydrogens is 236 g/mol. The zero-order chi connectivity index (χ0) is 13.7. The van der Waals surface area contributed by atoms with Crippen molar-refractivity contribution in [1.29, 1.82) is 0 Å². The lowest BCUT2D eigenvalue weighted by Gasteiger charge is -2.31. The molecule has 1 aliphatic rings. The molecular formula is C16H20N2O. The summed E-state index contributed by atoms with van der Waals surface area (Å²) in [5, 5.41) is 0. The molecule has 1 atom stereocenters. The Bertz CT molecular complexity index is 493. The van der Waals surface area contributed by atoms with Gasteiger partial charge in [0.05, 0.1) is 11.4 Å². The number of rotatable bonds is 5. The molecule has 0 aromatic heterocycles. The van der Waals surface area contributed by atoms with E-state index in [2.05, 4.69) is 17.4 Å². The molecule has 100 valence electrons. The lowest BCUT2D eigenvalue weighted by molar-refractivity contribution is -0.125. The fourth-order valence-electron chi connectivity index (χ4n) is 2.35. The number of anilines is 1. The predicted octanol–water partition coefficient (Wildman–Crippen LogP) is 3.43. The summed E-state index contributed by atoms with van der Waals surface area (Å²) in [4.78, 5) is 12.4. The molecule has 0 saturated heterocycles. The Kier molecular flexibility index (Phi) is 4.05. The van der Waals surface area contributed by atoms with E-state index in [1.54, 1.807) is 0 Å². The third-order valence-corrected chi connectivity index (χ3v) is 3.55. The van der Waals surface area contributed by atoms with Crippen molar-refractivity contribution in [3.8, 4) is 0 Å². The quantitative estimate of drug-likeness (QED) is 0.626. The zero-order valence-electron chi connectivity index (χ0n) is 11.3. The first kappa shape index (κ1) is 13.4. The van der Waals surface area contributed by atoms with Gasteiger partial charge in [-0.25, -0.2) is 0 Å². The monoisotopic (exact) mass is 256 g/mol. The van der Waals surface area contributed by atoms with Crippen molar-refractivity contribution in [3.63, 3.8) is 0 Å². The highest BCUT2D eigenvalue weighted by Crippen LogP contribution is 2.35. The van der Waals surface area contributed by atoms with E-state index in [9.17, 15) is 4.79 Å². The number of Topliss-reactive ketones (excluding diaryl/α,β-unsaturated/α-hetero) is 1. The molecule has 0 fully saturated rings. The second kappa shape index (κ2) is 5.74. The van der Waals surface area contributed by atoms with Crippen molar-refractivity contribution < 1.29 is 4.79 Å². The maximum absolute atomic E-state index is 12.4. The van der Waals surface area contributed by atoms with Gasteiger partial charge in [0, 0.05) is 5.41 Å². The van der Waals surface area contributed by atoms with Gasteiger partial charge in [-0.1, -0.05) is 37.3 Å². The van der Waals surface area contributed by atoms with Crippen molar-refractivity contribution >= 4 is 11.5 Å². The maximum atomic E-state index is 12.4. The van der Waals surface area contributed by atoms with Crippen LogP contribution >= 0.6 is 0 Å². The van der Waals surface area contributed by atoms with E-state index < -0.39 is 0 Å². The lowest BCUT2D eigenvalue weighted by atomic mass is 9.74. The van der Waals surface area contributed by atoms with Gasteiger partial charge in [-0.3, -0.25) is 10.2 Å². The summed E-state index contributed by atoms with van der Waals surface area (Å²) in [6.07, 6.45) is 6.30. The molecule has 0 heterocycles. The molecule has 19 heavy (non-hydrogen) atoms. The van der Waals surface area contributed by atoms with Crippen LogP contribution in [-0.4, -0.2) is 5.78 Å². The highest BCUT2D eigenvalue weighted by atomic mass is 16.1. The van der Waals surface area contributed by atoms with Crippen molar-refractivity contribution in [2.75, 3.05) is 5.43 Å². The molecule has 1 aromatic rings. The van der Waals surface area contributed by atoms with E-state index in [0.29, 0.717) is 5.70 Å². The molecule has 0 radical (unpaired) electrons. The van der Waals surface area contributed by atoms with Crippen LogP contribution in [0.15, 0.2) is 54.8 Å². The lowest BCUT2D eigenvalue weighted by Crippen LogP contribution is -2.38. The highest BCUT2D eigenvalue weighted by molar-refractivity contribution is 6.00. The third kappa shape index (κ3) is 3.05. The molecule has 0 unspecified atom stereocenters. The van der Waals surface area contributed by atoms with Crippen LogP contribution in [0.3, 0.4) is 0 Å². The highest BCUT2D eigenvalue weighted by Gasteiger charge is 2.36. The molecule has 2 rings (SSSR count). The van der Waals surface area contributed by atoms with E-state index in [1.807, 2.05) is 49.4 Å². The molecule has 3 nitrogen and oxygen atoms in total. The van der Waals surface area contributed by atoms with Gasteiger partial charge in [-0.15, -0.1) is 6.58 Å². The number of para-hydroxylation sites is 1. The standard InChI is InChI=1S/C16H20N2O/c1-3-11-16(2)12-7-10-14(15(16)19)18-17-13-8-5-4-6-9-13/h3-6,8-10,17-18H,1,7,11-12H2,2H3/t16-/m1/s1. The molecule has 0 saturated carbocycles. The van der Waals surface area contributed by atoms with Crippen molar-refractivity contribution in [1.82, 2.24) is 5.43 Å². The smallest absolute Gasteiger partial charge is 0.186 e. The van der Waals surface area contributed by atoms with Crippen LogP contribution in [0.4, 0.5) is 5.69 Å². The number of nitrogens with one attached hydrogen (secondary N) is 2. The summed E-state index contributed by atoms with van der Waals surface area (Å²) < 4.78 is 0. The number of benzene rings is 1. The van der Waals surface area contributed by atoms with E-state index in [0.717, 1.165) is 24.9 Å². The number of hydrogen-bond donors (Lipinski definition) is 2. The van der Waals surface area contributed by atoms with Crippen LogP contribution in [-0.2, 0) is 4.79 Å². The van der Waals surface area contributed by atoms with Gasteiger partial charge in [0.2, 0.25) is 0 Å². The minimum atomic E-state index is -0.322. The SMILES string of the molecule is C=CC[C@]1(C)CCC=C(NNc2ccccc2)C1=O. The van der Waals surface area contributed by atoms with Gasteiger partial charge in [0.1, 0.15) is 0 Å². The Hall–Kier alpha value is -2.03. The third-order valence-electron chi connectivity index (χ3n) is 3.55. The van der Waals surface area contributed by atoms with E-state index in [1.165, 1.54) is 0 Å². The van der Waals surface area contributed by atoms with Crippen molar-refractivity contribution in [2.24, 2.45) is 5.41 Å². The summed E-state index contributed by atoms with van der Waals surface area (Å²) in [5.74, 6) is 0.155. The predicted molar refractivity (Wildman–Crippen MR) is 78.4 cm³/mol. The fraction of sp³-hybridized carbons (Fsp3) is 0.312. The van der Waals surface area contributed by atoms with Crippen LogP contribution < -0.4 is 10.9 Å². The normalized spacial score (nSPS) is 22.6. The first-order valence-corrected chi connectivity index (χ1v) is 6.59. The molecule has 0 aliphatic heterocycles. The minimum absolute atomic E-state index is 0.155. The van der Waals surface area contributed by atoms with Crippen LogP contribution in [0.2, 0.25) is 0 Å². The number of allylic oxidation sites excluding steroid dienone is 3. The molecule has 0 bridgehead atoms. The molecule has 0 amide bonds. The Morgan fingerprint density at radius 3 is 2.74 bits per heavy atom. The summed E-state index contributed by atoms with van der Waals surface area (Å²) in [7, 11) is 0. The first-order valence-electron chi connectivity index (χ1n) is 6.59. The summed E-state index contributed by atoms with van der Waals surface area (Å²) >= 11 is 0. The molecule has 2 N–H and O–H groups in total. The summed E-state index contributed by atoms with van der Waals surface area (Å²) in [5.41, 5.74) is 7.36. The number of carbonyl (C=O) groups is 1. The molecule has 0 spiro atoms. The maximum Gasteiger partial charge on any atom is 0.186 e. The Morgan fingerprint density at radius 1 is 1.32 bits per heavy atom. The van der Waals surface area contributed by atoms with Crippen LogP contribution in [0.5, 0.6) is 0 Å². The van der Waals surface area contributed by atoms with Gasteiger partial charge in [0.15, 0.2) is 5.78 Å². The van der Waals surface area contributed by atoms with Crippen molar-refractivity contribution in [3.05, 3.63) is 54.8 Å². The number of hydrogen-bond acceptors (Lipinski definition) is 3. The second-order valence-electron chi connectivity index (χ2n) is 5.16. The second-order valence-corrected chi connectivity index (χ2v) is 5.16. The largest absolute Gasteiger partial charge is 0.301 e. The van der Waals surface area contributed by atoms with Gasteiger partial charge in [0.25, 0.3) is 0 Å². The zero-order valence-corrected chi connectivity index (χ0v) is 11.3. The van der Waals surface area contributed by atoms with Crippen molar-refractivity contribution in [2.45, 2.75) is 26.2 Å². The Labute approximate surface area is 114 Å². The number of hydrazine groups is 1. The van der Waals surface area contributed by atoms with Gasteiger partial charge >= 0.3 is 0 Å². The number of carbonyl (C=O) groups excluding carboxylic acids is 1. The van der Waals surface area contributed by atoms with E-state index in [-0.39, 0.29) is 11.2 Å². The topological polar surface area (TPSA) is 41.1 Å². The average molecular weight is 256 g/mol. The van der Waals surface area contributed by atoms with Crippen LogP contribution in [0.1, 0.15) is 26.2 Å². The fourth-order valence-corrected chi connectivity index (χ4v) is 2.35. The van der Waals surface area contributed by atoms with Gasteiger partial charge in [-0.2, -0.15) is 0 Å². The molecule has 3 heteroatoms. The Balaban J connectivity index is 2.03. The van der Waals surface area contributed by atoms with Gasteiger partial charge in [-0.05, 0) is 31.4 Å². The Morgan fingerprint density at radius 2 is 2.05 bits per heavy atom. The van der Waals surface area contributed by atoms with Crippen LogP contribution in [0, 0.1) is 5.41 Å².